The van der Waals surface area contributed by atoms with Crippen LogP contribution >= 0.6 is 0 Å². The van der Waals surface area contributed by atoms with E-state index in [4.69, 9.17) is 5.26 Å². The SMILES string of the molecule is N#CC(N=C=O)c1ccc(-c2ccccc2)cc1. The third kappa shape index (κ3) is 2.52. The highest BCUT2D eigenvalue weighted by Gasteiger charge is 2.08. The van der Waals surface area contributed by atoms with Crippen molar-refractivity contribution in [3.63, 3.8) is 0 Å². The van der Waals surface area contributed by atoms with Gasteiger partial charge in [-0.1, -0.05) is 54.6 Å². The number of nitriles is 1. The maximum atomic E-state index is 10.2. The quantitative estimate of drug-likeness (QED) is 0.604. The largest absolute Gasteiger partial charge is 0.236 e. The fourth-order valence-corrected chi connectivity index (χ4v) is 1.72. The molecule has 2 aromatic carbocycles. The Morgan fingerprint density at radius 2 is 1.56 bits per heavy atom. The molecule has 0 N–H and O–H groups in total. The van der Waals surface area contributed by atoms with Crippen molar-refractivity contribution in [1.29, 1.82) is 5.26 Å². The van der Waals surface area contributed by atoms with Gasteiger partial charge in [0.25, 0.3) is 0 Å². The molecule has 0 fully saturated rings. The van der Waals surface area contributed by atoms with Gasteiger partial charge in [-0.05, 0) is 16.7 Å². The highest BCUT2D eigenvalue weighted by molar-refractivity contribution is 5.63. The smallest absolute Gasteiger partial charge is 0.211 e. The molecule has 0 saturated carbocycles. The molecule has 0 spiro atoms. The molecule has 0 aromatic heterocycles. The molecule has 0 aliphatic rings. The Kier molecular flexibility index (Phi) is 3.66. The highest BCUT2D eigenvalue weighted by Crippen LogP contribution is 2.22. The third-order valence-corrected chi connectivity index (χ3v) is 2.64. The molecule has 0 aliphatic carbocycles. The Labute approximate surface area is 105 Å². The van der Waals surface area contributed by atoms with E-state index in [1.807, 2.05) is 48.5 Å². The molecule has 86 valence electrons. The summed E-state index contributed by atoms with van der Waals surface area (Å²) >= 11 is 0. The van der Waals surface area contributed by atoms with Crippen molar-refractivity contribution in [3.8, 4) is 17.2 Å². The summed E-state index contributed by atoms with van der Waals surface area (Å²) in [7, 11) is 0. The number of hydrogen-bond acceptors (Lipinski definition) is 3. The summed E-state index contributed by atoms with van der Waals surface area (Å²) < 4.78 is 0. The molecule has 0 aliphatic heterocycles. The van der Waals surface area contributed by atoms with E-state index in [1.54, 1.807) is 12.1 Å². The zero-order valence-electron chi connectivity index (χ0n) is 9.58. The second-order valence-corrected chi connectivity index (χ2v) is 3.74. The summed E-state index contributed by atoms with van der Waals surface area (Å²) in [5.74, 6) is 0. The second-order valence-electron chi connectivity index (χ2n) is 3.74. The van der Waals surface area contributed by atoms with E-state index in [9.17, 15) is 4.79 Å². The van der Waals surface area contributed by atoms with E-state index in [1.165, 1.54) is 6.08 Å². The Balaban J connectivity index is 2.31. The van der Waals surface area contributed by atoms with Crippen LogP contribution in [0.25, 0.3) is 11.1 Å². The lowest BCUT2D eigenvalue weighted by atomic mass is 10.0. The minimum atomic E-state index is -0.771. The van der Waals surface area contributed by atoms with Crippen molar-refractivity contribution in [3.05, 3.63) is 60.2 Å². The third-order valence-electron chi connectivity index (χ3n) is 2.64. The average Bonchev–Trinajstić information content (AvgIpc) is 2.46. The summed E-state index contributed by atoms with van der Waals surface area (Å²) in [6.45, 7) is 0. The first-order chi connectivity index (χ1) is 8.85. The first-order valence-corrected chi connectivity index (χ1v) is 5.47. The molecular weight excluding hydrogens is 224 g/mol. The molecule has 2 rings (SSSR count). The van der Waals surface area contributed by atoms with Crippen LogP contribution in [0.1, 0.15) is 11.6 Å². The van der Waals surface area contributed by atoms with Crippen molar-refractivity contribution < 1.29 is 4.79 Å². The molecule has 0 amide bonds. The molecule has 3 heteroatoms. The predicted molar refractivity (Wildman–Crippen MR) is 68.4 cm³/mol. The highest BCUT2D eigenvalue weighted by atomic mass is 16.1. The summed E-state index contributed by atoms with van der Waals surface area (Å²) in [6, 6.07) is 18.5. The molecule has 0 saturated heterocycles. The Bertz CT molecular complexity index is 605. The van der Waals surface area contributed by atoms with Gasteiger partial charge in [-0.15, -0.1) is 0 Å². The molecule has 3 nitrogen and oxygen atoms in total. The molecule has 18 heavy (non-hydrogen) atoms. The van der Waals surface area contributed by atoms with Gasteiger partial charge in [0, 0.05) is 0 Å². The van der Waals surface area contributed by atoms with Crippen molar-refractivity contribution in [2.24, 2.45) is 4.99 Å². The topological polar surface area (TPSA) is 53.2 Å². The predicted octanol–water partition coefficient (Wildman–Crippen LogP) is 3.25. The molecule has 0 bridgehead atoms. The minimum Gasteiger partial charge on any atom is -0.211 e. The summed E-state index contributed by atoms with van der Waals surface area (Å²) in [5.41, 5.74) is 2.86. The monoisotopic (exact) mass is 234 g/mol. The van der Waals surface area contributed by atoms with Gasteiger partial charge in [0.15, 0.2) is 6.04 Å². The van der Waals surface area contributed by atoms with Crippen LogP contribution in [0.3, 0.4) is 0 Å². The molecule has 0 radical (unpaired) electrons. The van der Waals surface area contributed by atoms with Crippen molar-refractivity contribution in [1.82, 2.24) is 0 Å². The first-order valence-electron chi connectivity index (χ1n) is 5.47. The number of aliphatic imine (C=N–C) groups is 1. The van der Waals surface area contributed by atoms with E-state index in [2.05, 4.69) is 4.99 Å². The van der Waals surface area contributed by atoms with Crippen LogP contribution in [0.2, 0.25) is 0 Å². The van der Waals surface area contributed by atoms with Gasteiger partial charge in [-0.2, -0.15) is 10.3 Å². The van der Waals surface area contributed by atoms with Crippen molar-refractivity contribution >= 4 is 6.08 Å². The maximum Gasteiger partial charge on any atom is 0.236 e. The number of nitrogens with zero attached hydrogens (tertiary/aromatic N) is 2. The number of hydrogen-bond donors (Lipinski definition) is 0. The fraction of sp³-hybridized carbons (Fsp3) is 0.0667. The molecule has 1 unspecified atom stereocenters. The second kappa shape index (κ2) is 5.58. The van der Waals surface area contributed by atoms with Gasteiger partial charge in [-0.3, -0.25) is 0 Å². The Morgan fingerprint density at radius 1 is 0.944 bits per heavy atom. The zero-order valence-corrected chi connectivity index (χ0v) is 9.58. The molecule has 0 heterocycles. The maximum absolute atomic E-state index is 10.2. The van der Waals surface area contributed by atoms with Gasteiger partial charge in [0.1, 0.15) is 0 Å². The zero-order chi connectivity index (χ0) is 12.8. The lowest BCUT2D eigenvalue weighted by molar-refractivity contribution is 0.561. The van der Waals surface area contributed by atoms with E-state index in [0.717, 1.165) is 11.1 Å². The van der Waals surface area contributed by atoms with Crippen LogP contribution in [0.5, 0.6) is 0 Å². The normalized spacial score (nSPS) is 11.1. The fourth-order valence-electron chi connectivity index (χ4n) is 1.72. The summed E-state index contributed by atoms with van der Waals surface area (Å²) in [6.07, 6.45) is 1.42. The van der Waals surface area contributed by atoms with E-state index >= 15 is 0 Å². The van der Waals surface area contributed by atoms with Crippen molar-refractivity contribution in [2.75, 3.05) is 0 Å². The minimum absolute atomic E-state index is 0.695. The molecule has 1 atom stereocenters. The van der Waals surface area contributed by atoms with Gasteiger partial charge >= 0.3 is 0 Å². The average molecular weight is 234 g/mol. The number of rotatable bonds is 3. The van der Waals surface area contributed by atoms with Gasteiger partial charge in [0.2, 0.25) is 6.08 Å². The van der Waals surface area contributed by atoms with E-state index in [-0.39, 0.29) is 0 Å². The van der Waals surface area contributed by atoms with E-state index < -0.39 is 6.04 Å². The Hall–Kier alpha value is -2.69. The molecule has 2 aromatic rings. The molecular formula is C15H10N2O. The van der Waals surface area contributed by atoms with Crippen LogP contribution in [0, 0.1) is 11.3 Å². The number of isocyanates is 1. The first kappa shape index (κ1) is 11.8. The number of carbonyl (C=O) groups excluding carboxylic acids is 1. The van der Waals surface area contributed by atoms with Crippen LogP contribution < -0.4 is 0 Å². The van der Waals surface area contributed by atoms with Crippen LogP contribution in [0.4, 0.5) is 0 Å². The van der Waals surface area contributed by atoms with Crippen LogP contribution in [-0.2, 0) is 4.79 Å². The lowest BCUT2D eigenvalue weighted by Gasteiger charge is -2.05. The number of benzene rings is 2. The van der Waals surface area contributed by atoms with Crippen LogP contribution in [0.15, 0.2) is 59.6 Å². The van der Waals surface area contributed by atoms with Gasteiger partial charge in [-0.25, -0.2) is 4.79 Å². The van der Waals surface area contributed by atoms with E-state index in [0.29, 0.717) is 5.56 Å². The lowest BCUT2D eigenvalue weighted by Crippen LogP contribution is -1.91. The van der Waals surface area contributed by atoms with Crippen LogP contribution in [-0.4, -0.2) is 6.08 Å². The summed E-state index contributed by atoms with van der Waals surface area (Å²) in [5, 5.41) is 8.87. The summed E-state index contributed by atoms with van der Waals surface area (Å²) in [4.78, 5) is 13.6. The van der Waals surface area contributed by atoms with Crippen molar-refractivity contribution in [2.45, 2.75) is 6.04 Å². The standard InChI is InChI=1S/C15H10N2O/c16-10-15(17-11-18)14-8-6-13(7-9-14)12-4-2-1-3-5-12/h1-9,15H. The Morgan fingerprint density at radius 3 is 2.11 bits per heavy atom. The van der Waals surface area contributed by atoms with Gasteiger partial charge < -0.3 is 0 Å². The van der Waals surface area contributed by atoms with Gasteiger partial charge in [0.05, 0.1) is 6.07 Å².